The van der Waals surface area contributed by atoms with Crippen molar-refractivity contribution in [3.05, 3.63) is 11.4 Å². The standard InChI is InChI=1S/C13H26N4O3S/c1-6-11(8-20-5)17-21(18,19)13-10(4)15-16-12(13)7-14-9(2)3/h9,11,14,17H,6-8H2,1-5H3,(H,15,16). The Bertz CT molecular complexity index is 540. The summed E-state index contributed by atoms with van der Waals surface area (Å²) < 4.78 is 32.8. The molecule has 7 nitrogen and oxygen atoms in total. The molecule has 0 spiro atoms. The Balaban J connectivity index is 2.99. The molecular formula is C13H26N4O3S. The summed E-state index contributed by atoms with van der Waals surface area (Å²) in [4.78, 5) is 0.227. The second kappa shape index (κ2) is 7.88. The smallest absolute Gasteiger partial charge is 0.244 e. The largest absolute Gasteiger partial charge is 0.383 e. The molecule has 0 aromatic carbocycles. The lowest BCUT2D eigenvalue weighted by Gasteiger charge is -2.16. The van der Waals surface area contributed by atoms with Crippen molar-refractivity contribution in [3.8, 4) is 0 Å². The van der Waals surface area contributed by atoms with Gasteiger partial charge in [-0.2, -0.15) is 5.10 Å². The van der Waals surface area contributed by atoms with Crippen LogP contribution in [0.25, 0.3) is 0 Å². The van der Waals surface area contributed by atoms with E-state index in [0.717, 1.165) is 0 Å². The molecule has 0 bridgehead atoms. The quantitative estimate of drug-likeness (QED) is 0.629. The molecule has 0 amide bonds. The minimum absolute atomic E-state index is 0.227. The number of aromatic amines is 1. The van der Waals surface area contributed by atoms with Crippen LogP contribution in [0.1, 0.15) is 38.6 Å². The van der Waals surface area contributed by atoms with Crippen LogP contribution in [0.2, 0.25) is 0 Å². The van der Waals surface area contributed by atoms with Gasteiger partial charge < -0.3 is 10.1 Å². The van der Waals surface area contributed by atoms with Gasteiger partial charge in [0.2, 0.25) is 10.0 Å². The van der Waals surface area contributed by atoms with Gasteiger partial charge in [0, 0.05) is 25.7 Å². The normalized spacial score (nSPS) is 13.8. The first-order chi connectivity index (χ1) is 9.81. The molecule has 1 atom stereocenters. The first-order valence-corrected chi connectivity index (χ1v) is 8.58. The number of hydrogen-bond acceptors (Lipinski definition) is 5. The molecule has 0 fully saturated rings. The van der Waals surface area contributed by atoms with Crippen molar-refractivity contribution < 1.29 is 13.2 Å². The highest BCUT2D eigenvalue weighted by Crippen LogP contribution is 2.18. The van der Waals surface area contributed by atoms with Crippen LogP contribution in [-0.2, 0) is 21.3 Å². The topological polar surface area (TPSA) is 96.1 Å². The lowest BCUT2D eigenvalue weighted by molar-refractivity contribution is 0.173. The van der Waals surface area contributed by atoms with Gasteiger partial charge in [-0.05, 0) is 13.3 Å². The Hall–Kier alpha value is -0.960. The molecule has 0 saturated carbocycles. The summed E-state index contributed by atoms with van der Waals surface area (Å²) in [7, 11) is -2.07. The average molecular weight is 318 g/mol. The van der Waals surface area contributed by atoms with E-state index in [0.29, 0.717) is 31.0 Å². The number of hydrogen-bond donors (Lipinski definition) is 3. The van der Waals surface area contributed by atoms with Crippen LogP contribution < -0.4 is 10.0 Å². The van der Waals surface area contributed by atoms with Gasteiger partial charge >= 0.3 is 0 Å². The van der Waals surface area contributed by atoms with Crippen LogP contribution in [0.5, 0.6) is 0 Å². The molecule has 0 radical (unpaired) electrons. The highest BCUT2D eigenvalue weighted by atomic mass is 32.2. The minimum atomic E-state index is -3.62. The number of nitrogens with zero attached hydrogens (tertiary/aromatic N) is 1. The van der Waals surface area contributed by atoms with Gasteiger partial charge in [0.1, 0.15) is 4.90 Å². The van der Waals surface area contributed by atoms with Crippen molar-refractivity contribution in [2.45, 2.75) is 57.6 Å². The van der Waals surface area contributed by atoms with Crippen molar-refractivity contribution in [1.29, 1.82) is 0 Å². The predicted octanol–water partition coefficient (Wildman–Crippen LogP) is 0.919. The fourth-order valence-electron chi connectivity index (χ4n) is 1.96. The molecule has 1 aromatic rings. The Morgan fingerprint density at radius 1 is 1.38 bits per heavy atom. The van der Waals surface area contributed by atoms with Crippen LogP contribution in [0, 0.1) is 6.92 Å². The monoisotopic (exact) mass is 318 g/mol. The van der Waals surface area contributed by atoms with Gasteiger partial charge in [0.05, 0.1) is 18.0 Å². The number of aromatic nitrogens is 2. The first-order valence-electron chi connectivity index (χ1n) is 7.10. The number of H-pyrrole nitrogens is 1. The van der Waals surface area contributed by atoms with Gasteiger partial charge in [-0.3, -0.25) is 5.10 Å². The number of ether oxygens (including phenoxy) is 1. The third-order valence-electron chi connectivity index (χ3n) is 3.09. The van der Waals surface area contributed by atoms with E-state index in [1.165, 1.54) is 0 Å². The van der Waals surface area contributed by atoms with Crippen LogP contribution in [0.3, 0.4) is 0 Å². The van der Waals surface area contributed by atoms with Gasteiger partial charge in [0.15, 0.2) is 0 Å². The Morgan fingerprint density at radius 2 is 2.05 bits per heavy atom. The lowest BCUT2D eigenvalue weighted by Crippen LogP contribution is -2.38. The molecule has 1 unspecified atom stereocenters. The highest BCUT2D eigenvalue weighted by molar-refractivity contribution is 7.89. The van der Waals surface area contributed by atoms with Gasteiger partial charge in [0.25, 0.3) is 0 Å². The van der Waals surface area contributed by atoms with E-state index in [4.69, 9.17) is 4.74 Å². The molecule has 8 heteroatoms. The molecule has 1 rings (SSSR count). The predicted molar refractivity (Wildman–Crippen MR) is 81.6 cm³/mol. The van der Waals surface area contributed by atoms with Gasteiger partial charge in [-0.15, -0.1) is 0 Å². The fraction of sp³-hybridized carbons (Fsp3) is 0.769. The number of rotatable bonds is 9. The molecule has 1 aromatic heterocycles. The van der Waals surface area contributed by atoms with E-state index in [1.807, 2.05) is 20.8 Å². The van der Waals surface area contributed by atoms with Crippen LogP contribution in [-0.4, -0.2) is 44.4 Å². The number of methoxy groups -OCH3 is 1. The molecular weight excluding hydrogens is 292 g/mol. The Morgan fingerprint density at radius 3 is 2.57 bits per heavy atom. The maximum atomic E-state index is 12.6. The molecule has 1 heterocycles. The zero-order valence-electron chi connectivity index (χ0n) is 13.4. The van der Waals surface area contributed by atoms with Crippen LogP contribution in [0.15, 0.2) is 4.90 Å². The van der Waals surface area contributed by atoms with E-state index < -0.39 is 10.0 Å². The second-order valence-corrected chi connectivity index (χ2v) is 6.99. The molecule has 0 aliphatic heterocycles. The first kappa shape index (κ1) is 18.1. The molecule has 0 aliphatic carbocycles. The lowest BCUT2D eigenvalue weighted by atomic mass is 10.3. The summed E-state index contributed by atoms with van der Waals surface area (Å²) in [5.74, 6) is 0. The molecule has 122 valence electrons. The average Bonchev–Trinajstić information content (AvgIpc) is 2.77. The van der Waals surface area contributed by atoms with Crippen molar-refractivity contribution in [3.63, 3.8) is 0 Å². The van der Waals surface area contributed by atoms with Crippen molar-refractivity contribution in [2.24, 2.45) is 0 Å². The summed E-state index contributed by atoms with van der Waals surface area (Å²) >= 11 is 0. The molecule has 0 saturated heterocycles. The SMILES string of the molecule is CCC(COC)NS(=O)(=O)c1c(CNC(C)C)n[nH]c1C. The minimum Gasteiger partial charge on any atom is -0.383 e. The third kappa shape index (κ3) is 5.06. The van der Waals surface area contributed by atoms with Gasteiger partial charge in [-0.25, -0.2) is 13.1 Å². The van der Waals surface area contributed by atoms with E-state index in [-0.39, 0.29) is 17.0 Å². The summed E-state index contributed by atoms with van der Waals surface area (Å²) in [6.07, 6.45) is 0.656. The zero-order valence-corrected chi connectivity index (χ0v) is 14.2. The zero-order chi connectivity index (χ0) is 16.0. The van der Waals surface area contributed by atoms with Gasteiger partial charge in [-0.1, -0.05) is 20.8 Å². The summed E-state index contributed by atoms with van der Waals surface area (Å²) in [5.41, 5.74) is 1.04. The Kier molecular flexibility index (Phi) is 6.79. The molecule has 3 N–H and O–H groups in total. The van der Waals surface area contributed by atoms with E-state index in [1.54, 1.807) is 14.0 Å². The maximum absolute atomic E-state index is 12.6. The van der Waals surface area contributed by atoms with E-state index in [9.17, 15) is 8.42 Å². The molecule has 0 aliphatic rings. The summed E-state index contributed by atoms with van der Waals surface area (Å²) in [5, 5.41) is 10.0. The third-order valence-corrected chi connectivity index (χ3v) is 4.81. The van der Waals surface area contributed by atoms with E-state index >= 15 is 0 Å². The fourth-order valence-corrected chi connectivity index (χ4v) is 3.63. The number of nitrogens with one attached hydrogen (secondary N) is 3. The second-order valence-electron chi connectivity index (χ2n) is 5.34. The number of sulfonamides is 1. The van der Waals surface area contributed by atoms with Crippen molar-refractivity contribution in [1.82, 2.24) is 20.2 Å². The molecule has 21 heavy (non-hydrogen) atoms. The van der Waals surface area contributed by atoms with Crippen molar-refractivity contribution in [2.75, 3.05) is 13.7 Å². The summed E-state index contributed by atoms with van der Waals surface area (Å²) in [6.45, 7) is 8.36. The highest BCUT2D eigenvalue weighted by Gasteiger charge is 2.26. The maximum Gasteiger partial charge on any atom is 0.244 e. The van der Waals surface area contributed by atoms with E-state index in [2.05, 4.69) is 20.2 Å². The van der Waals surface area contributed by atoms with Crippen LogP contribution >= 0.6 is 0 Å². The number of aryl methyl sites for hydroxylation is 1. The van der Waals surface area contributed by atoms with Crippen LogP contribution in [0.4, 0.5) is 0 Å². The Labute approximate surface area is 126 Å². The summed E-state index contributed by atoms with van der Waals surface area (Å²) in [6, 6.07) is 0.00242. The van der Waals surface area contributed by atoms with Crippen molar-refractivity contribution >= 4 is 10.0 Å².